The second-order valence-electron chi connectivity index (χ2n) is 4.68. The van der Waals surface area contributed by atoms with Crippen LogP contribution < -0.4 is 5.32 Å². The van der Waals surface area contributed by atoms with Crippen LogP contribution in [0.15, 0.2) is 18.2 Å². The number of aryl methyl sites for hydroxylation is 3. The Balaban J connectivity index is 2.19. The lowest BCUT2D eigenvalue weighted by molar-refractivity contribution is 0.0605. The number of amides is 1. The monoisotopic (exact) mass is 304 g/mol. The number of nitrogens with one attached hydrogen (secondary N) is 1. The van der Waals surface area contributed by atoms with Crippen molar-refractivity contribution >= 4 is 28.3 Å². The van der Waals surface area contributed by atoms with Crippen molar-refractivity contribution in [1.82, 2.24) is 4.98 Å². The van der Waals surface area contributed by atoms with Gasteiger partial charge < -0.3 is 4.74 Å². The van der Waals surface area contributed by atoms with Crippen molar-refractivity contribution in [3.05, 3.63) is 45.5 Å². The highest BCUT2D eigenvalue weighted by molar-refractivity contribution is 7.17. The van der Waals surface area contributed by atoms with E-state index in [4.69, 9.17) is 0 Å². The molecule has 1 aromatic heterocycles. The number of thiazole rings is 1. The predicted octanol–water partition coefficient (Wildman–Crippen LogP) is 3.11. The Kier molecular flexibility index (Phi) is 4.37. The zero-order valence-corrected chi connectivity index (χ0v) is 13.1. The van der Waals surface area contributed by atoms with Crippen molar-refractivity contribution in [3.63, 3.8) is 0 Å². The second-order valence-corrected chi connectivity index (χ2v) is 5.68. The molecule has 0 saturated carbocycles. The van der Waals surface area contributed by atoms with Crippen LogP contribution in [0.2, 0.25) is 0 Å². The number of hydrogen-bond acceptors (Lipinski definition) is 5. The average molecular weight is 304 g/mol. The fraction of sp³-hybridized carbons (Fsp3) is 0.267. The summed E-state index contributed by atoms with van der Waals surface area (Å²) in [7, 11) is 1.31. The maximum atomic E-state index is 12.2. The number of anilines is 1. The Morgan fingerprint density at radius 1 is 1.19 bits per heavy atom. The maximum absolute atomic E-state index is 12.2. The molecule has 0 aliphatic carbocycles. The van der Waals surface area contributed by atoms with Gasteiger partial charge in [-0.15, -0.1) is 0 Å². The number of carbonyl (C=O) groups is 2. The van der Waals surface area contributed by atoms with Crippen LogP contribution in [0.4, 0.5) is 5.13 Å². The number of carbonyl (C=O) groups excluding carboxylic acids is 2. The van der Waals surface area contributed by atoms with Gasteiger partial charge in [0.25, 0.3) is 5.91 Å². The maximum Gasteiger partial charge on any atom is 0.350 e. The van der Waals surface area contributed by atoms with Gasteiger partial charge in [-0.25, -0.2) is 9.78 Å². The molecule has 1 amide bonds. The van der Waals surface area contributed by atoms with Gasteiger partial charge in [0.2, 0.25) is 0 Å². The SMILES string of the molecule is COC(=O)c1sc(NC(=O)c2ccc(C)c(C)c2)nc1C. The largest absolute Gasteiger partial charge is 0.465 e. The molecule has 0 aliphatic heterocycles. The summed E-state index contributed by atoms with van der Waals surface area (Å²) in [4.78, 5) is 28.3. The van der Waals surface area contributed by atoms with E-state index in [1.807, 2.05) is 26.0 Å². The van der Waals surface area contributed by atoms with Crippen molar-refractivity contribution in [2.75, 3.05) is 12.4 Å². The molecule has 1 heterocycles. The van der Waals surface area contributed by atoms with Crippen LogP contribution in [-0.4, -0.2) is 24.0 Å². The molecule has 0 saturated heterocycles. The summed E-state index contributed by atoms with van der Waals surface area (Å²) in [6.07, 6.45) is 0. The summed E-state index contributed by atoms with van der Waals surface area (Å²) in [6, 6.07) is 5.49. The van der Waals surface area contributed by atoms with Crippen LogP contribution in [0.1, 0.15) is 36.9 Å². The zero-order chi connectivity index (χ0) is 15.6. The molecule has 6 heteroatoms. The third kappa shape index (κ3) is 3.28. The molecule has 0 radical (unpaired) electrons. The number of aromatic nitrogens is 1. The zero-order valence-electron chi connectivity index (χ0n) is 12.3. The summed E-state index contributed by atoms with van der Waals surface area (Å²) < 4.78 is 4.67. The topological polar surface area (TPSA) is 68.3 Å². The molecule has 0 atom stereocenters. The van der Waals surface area contributed by atoms with Crippen LogP contribution in [0, 0.1) is 20.8 Å². The van der Waals surface area contributed by atoms with E-state index in [1.54, 1.807) is 13.0 Å². The number of methoxy groups -OCH3 is 1. The number of rotatable bonds is 3. The lowest BCUT2D eigenvalue weighted by atomic mass is 10.1. The first kappa shape index (κ1) is 15.2. The molecule has 2 rings (SSSR count). The fourth-order valence-electron chi connectivity index (χ4n) is 1.78. The third-order valence-corrected chi connectivity index (χ3v) is 4.21. The summed E-state index contributed by atoms with van der Waals surface area (Å²) in [5, 5.41) is 3.09. The van der Waals surface area contributed by atoms with Gasteiger partial charge in [0.05, 0.1) is 12.8 Å². The van der Waals surface area contributed by atoms with Crippen LogP contribution in [0.25, 0.3) is 0 Å². The Bertz CT molecular complexity index is 707. The van der Waals surface area contributed by atoms with E-state index in [-0.39, 0.29) is 5.91 Å². The molecule has 0 aliphatic rings. The average Bonchev–Trinajstić information content (AvgIpc) is 2.81. The number of esters is 1. The van der Waals surface area contributed by atoms with Crippen molar-refractivity contribution in [2.45, 2.75) is 20.8 Å². The summed E-state index contributed by atoms with van der Waals surface area (Å²) in [6.45, 7) is 5.65. The number of hydrogen-bond donors (Lipinski definition) is 1. The third-order valence-electron chi connectivity index (χ3n) is 3.16. The first-order chi connectivity index (χ1) is 9.92. The van der Waals surface area contributed by atoms with Gasteiger partial charge in [0.1, 0.15) is 4.88 Å². The van der Waals surface area contributed by atoms with E-state index >= 15 is 0 Å². The van der Waals surface area contributed by atoms with E-state index in [9.17, 15) is 9.59 Å². The molecule has 0 spiro atoms. The smallest absolute Gasteiger partial charge is 0.350 e. The highest BCUT2D eigenvalue weighted by Crippen LogP contribution is 2.24. The molecule has 1 N–H and O–H groups in total. The normalized spacial score (nSPS) is 10.3. The van der Waals surface area contributed by atoms with E-state index in [0.29, 0.717) is 21.3 Å². The predicted molar refractivity (Wildman–Crippen MR) is 82.1 cm³/mol. The van der Waals surface area contributed by atoms with Crippen LogP contribution >= 0.6 is 11.3 Å². The van der Waals surface area contributed by atoms with Crippen molar-refractivity contribution in [2.24, 2.45) is 0 Å². The molecule has 5 nitrogen and oxygen atoms in total. The van der Waals surface area contributed by atoms with Crippen LogP contribution in [0.5, 0.6) is 0 Å². The molecule has 0 unspecified atom stereocenters. The van der Waals surface area contributed by atoms with E-state index in [2.05, 4.69) is 15.0 Å². The summed E-state index contributed by atoms with van der Waals surface area (Å²) >= 11 is 1.10. The van der Waals surface area contributed by atoms with Gasteiger partial charge >= 0.3 is 5.97 Å². The van der Waals surface area contributed by atoms with Crippen molar-refractivity contribution in [3.8, 4) is 0 Å². The minimum absolute atomic E-state index is 0.247. The fourth-order valence-corrected chi connectivity index (χ4v) is 2.66. The summed E-state index contributed by atoms with van der Waals surface area (Å²) in [5.74, 6) is -0.694. The highest BCUT2D eigenvalue weighted by Gasteiger charge is 2.17. The van der Waals surface area contributed by atoms with Gasteiger partial charge in [0.15, 0.2) is 5.13 Å². The Hall–Kier alpha value is -2.21. The lowest BCUT2D eigenvalue weighted by Crippen LogP contribution is -2.12. The number of ether oxygens (including phenoxy) is 1. The number of benzene rings is 1. The van der Waals surface area contributed by atoms with E-state index < -0.39 is 5.97 Å². The van der Waals surface area contributed by atoms with Gasteiger partial charge in [-0.05, 0) is 44.0 Å². The van der Waals surface area contributed by atoms with E-state index in [1.165, 1.54) is 7.11 Å². The van der Waals surface area contributed by atoms with Crippen LogP contribution in [-0.2, 0) is 4.74 Å². The molecule has 0 fully saturated rings. The molecule has 2 aromatic rings. The van der Waals surface area contributed by atoms with Gasteiger partial charge in [-0.2, -0.15) is 0 Å². The molecule has 1 aromatic carbocycles. The van der Waals surface area contributed by atoms with E-state index in [0.717, 1.165) is 22.5 Å². The van der Waals surface area contributed by atoms with Gasteiger partial charge in [0, 0.05) is 5.56 Å². The molecule has 110 valence electrons. The Morgan fingerprint density at radius 2 is 1.90 bits per heavy atom. The van der Waals surface area contributed by atoms with Crippen LogP contribution in [0.3, 0.4) is 0 Å². The minimum atomic E-state index is -0.448. The van der Waals surface area contributed by atoms with Gasteiger partial charge in [-0.3, -0.25) is 10.1 Å². The molecular formula is C15H16N2O3S. The Labute approximate surface area is 127 Å². The highest BCUT2D eigenvalue weighted by atomic mass is 32.1. The first-order valence-electron chi connectivity index (χ1n) is 6.36. The first-order valence-corrected chi connectivity index (χ1v) is 7.18. The molecular weight excluding hydrogens is 288 g/mol. The van der Waals surface area contributed by atoms with Crippen molar-refractivity contribution < 1.29 is 14.3 Å². The molecule has 0 bridgehead atoms. The van der Waals surface area contributed by atoms with Gasteiger partial charge in [-0.1, -0.05) is 17.4 Å². The minimum Gasteiger partial charge on any atom is -0.465 e. The van der Waals surface area contributed by atoms with Crippen molar-refractivity contribution in [1.29, 1.82) is 0 Å². The summed E-state index contributed by atoms with van der Waals surface area (Å²) in [5.41, 5.74) is 3.28. The number of nitrogens with zero attached hydrogens (tertiary/aromatic N) is 1. The quantitative estimate of drug-likeness (QED) is 0.885. The second kappa shape index (κ2) is 6.05. The lowest BCUT2D eigenvalue weighted by Gasteiger charge is -2.04. The Morgan fingerprint density at radius 3 is 2.52 bits per heavy atom. The standard InChI is InChI=1S/C15H16N2O3S/c1-8-5-6-11(7-9(8)2)13(18)17-15-16-10(3)12(21-15)14(19)20-4/h5-7H,1-4H3,(H,16,17,18). The molecule has 21 heavy (non-hydrogen) atoms.